The van der Waals surface area contributed by atoms with E-state index in [-0.39, 0.29) is 18.5 Å². The van der Waals surface area contributed by atoms with Gasteiger partial charge in [-0.3, -0.25) is 18.9 Å². The van der Waals surface area contributed by atoms with E-state index in [0.717, 1.165) is 0 Å². The molecule has 1 aliphatic heterocycles. The molecule has 11 nitrogen and oxygen atoms in total. The van der Waals surface area contributed by atoms with Gasteiger partial charge in [-0.25, -0.2) is 9.36 Å². The van der Waals surface area contributed by atoms with Crippen molar-refractivity contribution in [2.45, 2.75) is 65.2 Å². The van der Waals surface area contributed by atoms with Gasteiger partial charge in [0.1, 0.15) is 28.8 Å². The molecule has 0 saturated carbocycles. The molecule has 1 aromatic carbocycles. The lowest BCUT2D eigenvalue weighted by atomic mass is 10.0. The van der Waals surface area contributed by atoms with Crippen molar-refractivity contribution < 1.29 is 33.0 Å². The first-order valence-corrected chi connectivity index (χ1v) is 13.5. The zero-order valence-corrected chi connectivity index (χ0v) is 22.5. The van der Waals surface area contributed by atoms with E-state index >= 15 is 0 Å². The van der Waals surface area contributed by atoms with Gasteiger partial charge in [-0.05, 0) is 39.8 Å². The van der Waals surface area contributed by atoms with Crippen LogP contribution in [0.3, 0.4) is 0 Å². The number of esters is 1. The number of aliphatic hydroxyl groups is 1. The molecule has 1 aliphatic rings. The number of hydrogen-bond donors (Lipinski definition) is 3. The van der Waals surface area contributed by atoms with E-state index in [2.05, 4.69) is 10.1 Å². The van der Waals surface area contributed by atoms with Crippen molar-refractivity contribution in [1.29, 1.82) is 0 Å². The van der Waals surface area contributed by atoms with Gasteiger partial charge in [-0.1, -0.05) is 37.3 Å². The van der Waals surface area contributed by atoms with Crippen molar-refractivity contribution in [1.82, 2.24) is 14.6 Å². The quantitative estimate of drug-likeness (QED) is 0.233. The number of carbonyl (C=O) groups is 1. The highest BCUT2D eigenvalue weighted by molar-refractivity contribution is 7.71. The van der Waals surface area contributed by atoms with Gasteiger partial charge in [0.05, 0.1) is 18.8 Å². The van der Waals surface area contributed by atoms with Crippen molar-refractivity contribution in [2.24, 2.45) is 5.92 Å². The first-order valence-electron chi connectivity index (χ1n) is 11.5. The fourth-order valence-electron chi connectivity index (χ4n) is 3.63. The summed E-state index contributed by atoms with van der Waals surface area (Å²) in [6.45, 7) is 8.00. The minimum atomic E-state index is -4.14. The highest BCUT2D eigenvalue weighted by Gasteiger charge is 2.44. The molecule has 0 amide bonds. The van der Waals surface area contributed by atoms with E-state index in [1.807, 2.05) is 0 Å². The number of ether oxygens (including phenoxy) is 2. The summed E-state index contributed by atoms with van der Waals surface area (Å²) in [7, 11) is -4.14. The van der Waals surface area contributed by atoms with Crippen LogP contribution in [0.25, 0.3) is 0 Å². The van der Waals surface area contributed by atoms with E-state index in [1.54, 1.807) is 64.2 Å². The fourth-order valence-corrected chi connectivity index (χ4v) is 5.27. The Morgan fingerprint density at radius 2 is 1.97 bits per heavy atom. The van der Waals surface area contributed by atoms with Gasteiger partial charge in [0, 0.05) is 17.7 Å². The van der Waals surface area contributed by atoms with E-state index in [1.165, 1.54) is 11.5 Å². The summed E-state index contributed by atoms with van der Waals surface area (Å²) in [5.41, 5.74) is 0.190. The van der Waals surface area contributed by atoms with Crippen LogP contribution < -0.4 is 15.3 Å². The minimum Gasteiger partial charge on any atom is -0.462 e. The second-order valence-electron chi connectivity index (χ2n) is 8.93. The standard InChI is InChI=1S/C23H32N3O8PS/c1-13(2)32-22(28)16(5)25-35(30,34-17-9-7-6-8-10-17)31-12-18-19(27)15(4)21(33-18)26-11-14(3)20(36)24-23(26)29/h6-11,13,15-16,18-19,21,27H,12H2,1-5H3,(H,25,30)(H,24,29,36)/t15-,16+,18+,19?,21+,35-/m1/s1. The SMILES string of the molecule is Cc1cn([C@H]2O[C@@H](CO[P@](=O)(N[C@@H](C)C(=O)OC(C)C)Oc3ccccc3)C(O)[C@H]2C)c(=O)[nH]c1=S. The number of aromatic amines is 1. The molecule has 0 radical (unpaired) electrons. The first kappa shape index (κ1) is 28.2. The van der Waals surface area contributed by atoms with E-state index < -0.39 is 49.8 Å². The predicted octanol–water partition coefficient (Wildman–Crippen LogP) is 3.24. The number of aromatic nitrogens is 2. The van der Waals surface area contributed by atoms with E-state index in [4.69, 9.17) is 30.7 Å². The molecular weight excluding hydrogens is 509 g/mol. The third-order valence-electron chi connectivity index (χ3n) is 5.54. The van der Waals surface area contributed by atoms with Crippen LogP contribution >= 0.6 is 20.0 Å². The lowest BCUT2D eigenvalue weighted by molar-refractivity contribution is -0.149. The molecule has 1 aromatic heterocycles. The number of aliphatic hydroxyl groups excluding tert-OH is 1. The Kier molecular flexibility index (Phi) is 9.26. The monoisotopic (exact) mass is 541 g/mol. The number of para-hydroxylation sites is 1. The number of hydrogen-bond acceptors (Lipinski definition) is 9. The molecule has 0 aliphatic carbocycles. The van der Waals surface area contributed by atoms with Crippen LogP contribution in [0, 0.1) is 17.5 Å². The smallest absolute Gasteiger partial charge is 0.459 e. The van der Waals surface area contributed by atoms with Crippen LogP contribution in [-0.2, 0) is 23.4 Å². The summed E-state index contributed by atoms with van der Waals surface area (Å²) in [4.78, 5) is 27.3. The second kappa shape index (κ2) is 11.8. The molecule has 13 heteroatoms. The summed E-state index contributed by atoms with van der Waals surface area (Å²) in [6.07, 6.45) is -1.59. The molecule has 3 rings (SSSR count). The molecule has 1 fully saturated rings. The van der Waals surface area contributed by atoms with Gasteiger partial charge < -0.3 is 19.1 Å². The molecule has 3 N–H and O–H groups in total. The minimum absolute atomic E-state index is 0.249. The Balaban J connectivity index is 1.77. The normalized spacial score (nSPS) is 24.3. The van der Waals surface area contributed by atoms with Gasteiger partial charge >= 0.3 is 19.4 Å². The maximum absolute atomic E-state index is 13.6. The van der Waals surface area contributed by atoms with Gasteiger partial charge in [-0.15, -0.1) is 0 Å². The molecule has 36 heavy (non-hydrogen) atoms. The van der Waals surface area contributed by atoms with Gasteiger partial charge in [0.25, 0.3) is 0 Å². The van der Waals surface area contributed by atoms with Crippen LogP contribution in [0.1, 0.15) is 39.5 Å². The number of aryl methyl sites for hydroxylation is 1. The molecule has 2 aromatic rings. The molecule has 1 saturated heterocycles. The van der Waals surface area contributed by atoms with Crippen molar-refractivity contribution in [3.63, 3.8) is 0 Å². The number of nitrogens with one attached hydrogen (secondary N) is 2. The lowest BCUT2D eigenvalue weighted by Gasteiger charge is -2.25. The van der Waals surface area contributed by atoms with Crippen molar-refractivity contribution in [2.75, 3.05) is 6.61 Å². The number of carbonyl (C=O) groups excluding carboxylic acids is 1. The van der Waals surface area contributed by atoms with Gasteiger partial charge in [-0.2, -0.15) is 5.09 Å². The summed E-state index contributed by atoms with van der Waals surface area (Å²) in [6, 6.07) is 7.30. The van der Waals surface area contributed by atoms with Crippen molar-refractivity contribution in [3.05, 3.63) is 57.2 Å². The van der Waals surface area contributed by atoms with Gasteiger partial charge in [0.15, 0.2) is 0 Å². The van der Waals surface area contributed by atoms with Crippen molar-refractivity contribution in [3.8, 4) is 5.75 Å². The Morgan fingerprint density at radius 3 is 2.61 bits per heavy atom. The van der Waals surface area contributed by atoms with E-state index in [9.17, 15) is 19.3 Å². The lowest BCUT2D eigenvalue weighted by Crippen LogP contribution is -2.37. The summed E-state index contributed by atoms with van der Waals surface area (Å²) < 4.78 is 37.6. The first-order chi connectivity index (χ1) is 16.9. The van der Waals surface area contributed by atoms with Gasteiger partial charge in [0.2, 0.25) is 0 Å². The third kappa shape index (κ3) is 6.90. The van der Waals surface area contributed by atoms with Crippen LogP contribution in [0.15, 0.2) is 41.3 Å². The predicted molar refractivity (Wildman–Crippen MR) is 134 cm³/mol. The molecule has 0 spiro atoms. The number of benzene rings is 1. The van der Waals surface area contributed by atoms with E-state index in [0.29, 0.717) is 10.2 Å². The molecule has 0 bridgehead atoms. The maximum atomic E-state index is 13.6. The Bertz CT molecular complexity index is 1220. The molecule has 1 unspecified atom stereocenters. The van der Waals surface area contributed by atoms with Crippen LogP contribution in [0.5, 0.6) is 5.75 Å². The fraction of sp³-hybridized carbons (Fsp3) is 0.522. The summed E-state index contributed by atoms with van der Waals surface area (Å²) in [5.74, 6) is -0.881. The summed E-state index contributed by atoms with van der Waals surface area (Å²) >= 11 is 5.10. The number of nitrogens with zero attached hydrogens (tertiary/aromatic N) is 1. The van der Waals surface area contributed by atoms with Crippen LogP contribution in [0.4, 0.5) is 0 Å². The van der Waals surface area contributed by atoms with Crippen LogP contribution in [-0.4, -0.2) is 51.6 Å². The highest BCUT2D eigenvalue weighted by Crippen LogP contribution is 2.46. The molecule has 2 heterocycles. The molecule has 198 valence electrons. The number of H-pyrrole nitrogens is 1. The third-order valence-corrected chi connectivity index (χ3v) is 7.61. The largest absolute Gasteiger partial charge is 0.462 e. The number of rotatable bonds is 10. The topological polar surface area (TPSA) is 141 Å². The zero-order chi connectivity index (χ0) is 26.6. The summed E-state index contributed by atoms with van der Waals surface area (Å²) in [5, 5.41) is 13.4. The Hall–Kier alpha value is -2.34. The zero-order valence-electron chi connectivity index (χ0n) is 20.7. The average molecular weight is 542 g/mol. The maximum Gasteiger partial charge on any atom is 0.459 e. The Morgan fingerprint density at radius 1 is 1.31 bits per heavy atom. The molecule has 6 atom stereocenters. The average Bonchev–Trinajstić information content (AvgIpc) is 3.08. The van der Waals surface area contributed by atoms with Crippen LogP contribution in [0.2, 0.25) is 0 Å². The highest BCUT2D eigenvalue weighted by atomic mass is 32.1. The Labute approximate surface area is 214 Å². The van der Waals surface area contributed by atoms with Crippen molar-refractivity contribution >= 4 is 25.9 Å². The molecular formula is C23H32N3O8PS. The second-order valence-corrected chi connectivity index (χ2v) is 11.0.